The number of fused-ring (bicyclic) bond motifs is 2. The fourth-order valence-corrected chi connectivity index (χ4v) is 8.76. The second-order valence-electron chi connectivity index (χ2n) is 16.0. The number of ether oxygens (including phenoxy) is 2. The van der Waals surface area contributed by atoms with Gasteiger partial charge >= 0.3 is 5.69 Å². The highest BCUT2D eigenvalue weighted by Gasteiger charge is 2.31. The maximum Gasteiger partial charge on any atom is 0.329 e. The van der Waals surface area contributed by atoms with E-state index in [1.165, 1.54) is 10.6 Å². The van der Waals surface area contributed by atoms with Crippen LogP contribution >= 0.6 is 0 Å². The van der Waals surface area contributed by atoms with E-state index >= 15 is 0 Å². The summed E-state index contributed by atoms with van der Waals surface area (Å²) >= 11 is 0. The first-order chi connectivity index (χ1) is 31.3. The molecule has 1 saturated heterocycles. The minimum atomic E-state index is -3.49. The number of imidazole rings is 1. The van der Waals surface area contributed by atoms with Crippen molar-refractivity contribution >= 4 is 55.4 Å². The van der Waals surface area contributed by atoms with Crippen molar-refractivity contribution in [2.75, 3.05) is 64.3 Å². The molecule has 6 aromatic rings. The number of carbonyl (C=O) groups excluding carboxylic acids is 3. The molecule has 5 heterocycles. The number of imide groups is 1. The lowest BCUT2D eigenvalue weighted by atomic mass is 10.1. The van der Waals surface area contributed by atoms with Gasteiger partial charge in [0.25, 0.3) is 5.91 Å². The number of anilines is 1. The van der Waals surface area contributed by atoms with Gasteiger partial charge in [-0.2, -0.15) is 5.10 Å². The number of piperidine rings is 1. The Bertz CT molecular complexity index is 2880. The van der Waals surface area contributed by atoms with Gasteiger partial charge < -0.3 is 25.0 Å². The monoisotopic (exact) mass is 906 g/mol. The van der Waals surface area contributed by atoms with Crippen LogP contribution in [0.1, 0.15) is 59.4 Å². The molecule has 1 aliphatic heterocycles. The maximum absolute atomic E-state index is 13.0. The third kappa shape index (κ3) is 11.5. The molecule has 4 aromatic heterocycles. The van der Waals surface area contributed by atoms with Crippen LogP contribution in [0.2, 0.25) is 0 Å². The van der Waals surface area contributed by atoms with E-state index in [0.29, 0.717) is 80.2 Å². The molecule has 2 aromatic carbocycles. The molecular weight excluding hydrogens is 853 g/mol. The van der Waals surface area contributed by atoms with Crippen LogP contribution in [-0.2, 0) is 55.3 Å². The molecule has 1 aliphatic rings. The van der Waals surface area contributed by atoms with E-state index in [4.69, 9.17) is 14.5 Å². The van der Waals surface area contributed by atoms with Crippen LogP contribution in [0.4, 0.5) is 5.82 Å². The number of aromatic nitrogens is 6. The highest BCUT2D eigenvalue weighted by Crippen LogP contribution is 2.26. The Hall–Kier alpha value is -6.41. The number of pyridine rings is 2. The molecule has 0 spiro atoms. The molecule has 3 amide bonds. The lowest BCUT2D eigenvalue weighted by Crippen LogP contribution is -2.44. The van der Waals surface area contributed by atoms with E-state index in [0.717, 1.165) is 53.8 Å². The second kappa shape index (κ2) is 21.1. The van der Waals surface area contributed by atoms with Crippen molar-refractivity contribution in [1.82, 2.24) is 45.2 Å². The van der Waals surface area contributed by atoms with E-state index in [1.54, 1.807) is 36.0 Å². The van der Waals surface area contributed by atoms with Crippen LogP contribution < -0.4 is 26.5 Å². The standard InChI is InChI=1S/C46H54N10O8S/c1-5-31-9-10-33(26-41(31)65(4,61)62)44(58)49-29-34-28-37-36(53-52-34)12-11-35(50-37)32-16-17-48-42(27-32)54(2)20-18-47-19-22-64-24-23-63-21-6-7-30-8-13-38-40(25-30)55(3)46(60)56(38)39-14-15-43(57)51-45(39)59/h8-13,16-17,25-28,39,47H,5-7,14-15,18-24,29H2,1-4H3,(H,49,58)(H,51,57,59). The minimum Gasteiger partial charge on any atom is -0.379 e. The van der Waals surface area contributed by atoms with Gasteiger partial charge in [-0.3, -0.25) is 28.8 Å². The molecule has 0 bridgehead atoms. The molecule has 0 saturated carbocycles. The summed E-state index contributed by atoms with van der Waals surface area (Å²) in [5.41, 5.74) is 6.43. The first kappa shape index (κ1) is 46.6. The van der Waals surface area contributed by atoms with Crippen molar-refractivity contribution in [3.63, 3.8) is 0 Å². The summed E-state index contributed by atoms with van der Waals surface area (Å²) < 4.78 is 39.1. The zero-order chi connectivity index (χ0) is 46.1. The highest BCUT2D eigenvalue weighted by molar-refractivity contribution is 7.90. The maximum atomic E-state index is 13.0. The summed E-state index contributed by atoms with van der Waals surface area (Å²) in [5, 5.41) is 17.1. The summed E-state index contributed by atoms with van der Waals surface area (Å²) in [7, 11) is 0.177. The molecule has 1 fully saturated rings. The molecular formula is C46H54N10O8S. The molecule has 3 N–H and O–H groups in total. The molecule has 342 valence electrons. The van der Waals surface area contributed by atoms with Gasteiger partial charge in [0.05, 0.1) is 59.2 Å². The normalized spacial score (nSPS) is 14.2. The molecule has 0 aliphatic carbocycles. The quantitative estimate of drug-likeness (QED) is 0.0697. The minimum absolute atomic E-state index is 0.0819. The van der Waals surface area contributed by atoms with Crippen LogP contribution in [0, 0.1) is 0 Å². The number of hydrogen-bond acceptors (Lipinski definition) is 14. The molecule has 1 unspecified atom stereocenters. The number of likely N-dealkylation sites (N-methyl/N-ethyl adjacent to an activating group) is 1. The molecule has 0 radical (unpaired) electrons. The Morgan fingerprint density at radius 2 is 1.74 bits per heavy atom. The van der Waals surface area contributed by atoms with Crippen LogP contribution in [0.25, 0.3) is 33.3 Å². The largest absolute Gasteiger partial charge is 0.379 e. The number of carbonyl (C=O) groups is 3. The van der Waals surface area contributed by atoms with E-state index in [-0.39, 0.29) is 35.0 Å². The Morgan fingerprint density at radius 1 is 0.923 bits per heavy atom. The van der Waals surface area contributed by atoms with Crippen molar-refractivity contribution in [3.8, 4) is 11.3 Å². The number of hydrogen-bond donors (Lipinski definition) is 3. The van der Waals surface area contributed by atoms with Crippen LogP contribution in [0.3, 0.4) is 0 Å². The van der Waals surface area contributed by atoms with Crippen LogP contribution in [0.15, 0.2) is 82.6 Å². The third-order valence-corrected chi connectivity index (χ3v) is 12.5. The topological polar surface area (TPSA) is 222 Å². The summed E-state index contributed by atoms with van der Waals surface area (Å²) in [5.74, 6) is -0.392. The van der Waals surface area contributed by atoms with Gasteiger partial charge in [0, 0.05) is 70.3 Å². The van der Waals surface area contributed by atoms with E-state index in [9.17, 15) is 27.6 Å². The van der Waals surface area contributed by atoms with E-state index in [2.05, 4.69) is 36.0 Å². The number of aryl methyl sites for hydroxylation is 3. The summed E-state index contributed by atoms with van der Waals surface area (Å²) in [4.78, 5) is 61.7. The average Bonchev–Trinajstić information content (AvgIpc) is 3.55. The van der Waals surface area contributed by atoms with Gasteiger partial charge in [0.2, 0.25) is 11.8 Å². The van der Waals surface area contributed by atoms with Gasteiger partial charge in [-0.05, 0) is 91.4 Å². The van der Waals surface area contributed by atoms with Gasteiger partial charge in [0.15, 0.2) is 9.84 Å². The predicted molar refractivity (Wildman–Crippen MR) is 245 cm³/mol. The SMILES string of the molecule is CCc1ccc(C(=O)NCc2cc3nc(-c4ccnc(N(C)CCNCCOCCOCCCc5ccc6c(c5)n(C)c(=O)n6C5CCC(=O)NC5=O)c4)ccc3nn2)cc1S(C)(=O)=O. The van der Waals surface area contributed by atoms with Crippen LogP contribution in [0.5, 0.6) is 0 Å². The zero-order valence-corrected chi connectivity index (χ0v) is 37.8. The van der Waals surface area contributed by atoms with E-state index in [1.807, 2.05) is 56.4 Å². The highest BCUT2D eigenvalue weighted by atomic mass is 32.2. The lowest BCUT2D eigenvalue weighted by molar-refractivity contribution is -0.135. The van der Waals surface area contributed by atoms with E-state index < -0.39 is 27.7 Å². The Kier molecular flexibility index (Phi) is 15.1. The van der Waals surface area contributed by atoms with Crippen molar-refractivity contribution < 1.29 is 32.3 Å². The predicted octanol–water partition coefficient (Wildman–Crippen LogP) is 3.31. The van der Waals surface area contributed by atoms with Gasteiger partial charge in [-0.25, -0.2) is 23.2 Å². The number of amides is 3. The van der Waals surface area contributed by atoms with Crippen molar-refractivity contribution in [1.29, 1.82) is 0 Å². The molecule has 1 atom stereocenters. The Morgan fingerprint density at radius 3 is 2.52 bits per heavy atom. The van der Waals surface area contributed by atoms with Gasteiger partial charge in [-0.15, -0.1) is 5.10 Å². The molecule has 18 nitrogen and oxygen atoms in total. The van der Waals surface area contributed by atoms with Gasteiger partial charge in [0.1, 0.15) is 17.4 Å². The summed E-state index contributed by atoms with van der Waals surface area (Å²) in [6, 6.07) is 19.2. The first-order valence-electron chi connectivity index (χ1n) is 21.6. The Labute approximate surface area is 376 Å². The molecule has 19 heteroatoms. The van der Waals surface area contributed by atoms with Gasteiger partial charge in [-0.1, -0.05) is 19.1 Å². The first-order valence-corrected chi connectivity index (χ1v) is 23.5. The number of nitrogens with zero attached hydrogens (tertiary/aromatic N) is 7. The smallest absolute Gasteiger partial charge is 0.329 e. The zero-order valence-electron chi connectivity index (χ0n) is 37.0. The molecule has 65 heavy (non-hydrogen) atoms. The fourth-order valence-electron chi connectivity index (χ4n) is 7.73. The van der Waals surface area contributed by atoms with Crippen molar-refractivity contribution in [2.24, 2.45) is 7.05 Å². The lowest BCUT2D eigenvalue weighted by Gasteiger charge is -2.21. The number of benzene rings is 2. The van der Waals surface area contributed by atoms with Crippen molar-refractivity contribution in [2.45, 2.75) is 56.5 Å². The van der Waals surface area contributed by atoms with Crippen LogP contribution in [-0.4, -0.2) is 115 Å². The second-order valence-corrected chi connectivity index (χ2v) is 18.0. The molecule has 7 rings (SSSR count). The van der Waals surface area contributed by atoms with Crippen molar-refractivity contribution in [3.05, 3.63) is 106 Å². The summed E-state index contributed by atoms with van der Waals surface area (Å²) in [6.07, 6.45) is 5.49. The fraction of sp³-hybridized carbons (Fsp3) is 0.391. The number of rotatable bonds is 21. The average molecular weight is 907 g/mol. The Balaban J connectivity index is 0.794. The number of nitrogens with one attached hydrogen (secondary N) is 3. The summed E-state index contributed by atoms with van der Waals surface area (Å²) in [6.45, 7) is 6.15. The third-order valence-electron chi connectivity index (χ3n) is 11.3. The number of sulfone groups is 1.